The summed E-state index contributed by atoms with van der Waals surface area (Å²) in [4.78, 5) is 27.1. The van der Waals surface area contributed by atoms with Gasteiger partial charge in [0.05, 0.1) is 23.4 Å². The van der Waals surface area contributed by atoms with E-state index < -0.39 is 6.61 Å². The van der Waals surface area contributed by atoms with Crippen LogP contribution in [0.25, 0.3) is 11.1 Å². The van der Waals surface area contributed by atoms with E-state index in [1.54, 1.807) is 21.5 Å². The summed E-state index contributed by atoms with van der Waals surface area (Å²) >= 11 is 0. The van der Waals surface area contributed by atoms with E-state index in [1.165, 1.54) is 6.07 Å². The van der Waals surface area contributed by atoms with Gasteiger partial charge in [0.1, 0.15) is 11.9 Å². The van der Waals surface area contributed by atoms with E-state index in [2.05, 4.69) is 5.32 Å². The molecule has 4 heterocycles. The third-order valence-corrected chi connectivity index (χ3v) is 8.21. The Morgan fingerprint density at radius 1 is 1.18 bits per heavy atom. The van der Waals surface area contributed by atoms with Gasteiger partial charge in [0.2, 0.25) is 0 Å². The van der Waals surface area contributed by atoms with Crippen LogP contribution in [0, 0.1) is 0 Å². The first-order valence-corrected chi connectivity index (χ1v) is 13.1. The number of ether oxygens (including phenoxy) is 2. The zero-order chi connectivity index (χ0) is 26.8. The summed E-state index contributed by atoms with van der Waals surface area (Å²) in [6, 6.07) is 8.33. The van der Waals surface area contributed by atoms with Gasteiger partial charge < -0.3 is 24.8 Å². The number of halogens is 2. The number of pyridine rings is 1. The molecule has 2 aromatic heterocycles. The topological polar surface area (TPSA) is 105 Å². The number of carbonyl (C=O) groups excluding carboxylic acids is 2. The number of alkyl halides is 2. The van der Waals surface area contributed by atoms with E-state index >= 15 is 0 Å². The fourth-order valence-corrected chi connectivity index (χ4v) is 6.24. The SMILES string of the molecule is O=C1N[C@@H]2C[C@H](c3c(OC(F)F)cccc31)c1c2nn2ccc(C3=CCN(C(=O)OC4CC(O)C4)CC3)cc12. The van der Waals surface area contributed by atoms with Crippen LogP contribution in [0.2, 0.25) is 0 Å². The summed E-state index contributed by atoms with van der Waals surface area (Å²) in [7, 11) is 0. The third kappa shape index (κ3) is 4.03. The van der Waals surface area contributed by atoms with Gasteiger partial charge in [0.25, 0.3) is 5.91 Å². The van der Waals surface area contributed by atoms with Crippen LogP contribution in [-0.4, -0.2) is 63.5 Å². The third-order valence-electron chi connectivity index (χ3n) is 8.21. The zero-order valence-electron chi connectivity index (χ0n) is 20.8. The number of nitrogens with zero attached hydrogens (tertiary/aromatic N) is 3. The van der Waals surface area contributed by atoms with Gasteiger partial charge in [-0.05, 0) is 48.2 Å². The van der Waals surface area contributed by atoms with E-state index in [4.69, 9.17) is 14.6 Å². The molecule has 202 valence electrons. The Morgan fingerprint density at radius 2 is 2.03 bits per heavy atom. The molecule has 2 aliphatic heterocycles. The van der Waals surface area contributed by atoms with E-state index in [0.29, 0.717) is 49.9 Å². The first-order chi connectivity index (χ1) is 18.9. The Labute approximate surface area is 222 Å². The highest BCUT2D eigenvalue weighted by Gasteiger charge is 2.43. The summed E-state index contributed by atoms with van der Waals surface area (Å²) in [6.07, 6.45) is 5.05. The van der Waals surface area contributed by atoms with Gasteiger partial charge in [-0.3, -0.25) is 4.79 Å². The van der Waals surface area contributed by atoms with Crippen LogP contribution < -0.4 is 10.1 Å². The number of hydrogen-bond donors (Lipinski definition) is 2. The summed E-state index contributed by atoms with van der Waals surface area (Å²) in [5.74, 6) is -0.660. The van der Waals surface area contributed by atoms with Crippen molar-refractivity contribution in [2.45, 2.75) is 56.5 Å². The van der Waals surface area contributed by atoms with Crippen LogP contribution in [0.1, 0.15) is 70.4 Å². The van der Waals surface area contributed by atoms with Gasteiger partial charge in [-0.2, -0.15) is 13.9 Å². The summed E-state index contributed by atoms with van der Waals surface area (Å²) in [6.45, 7) is -2.07. The lowest BCUT2D eigenvalue weighted by Crippen LogP contribution is -2.42. The number of fused-ring (bicyclic) bond motifs is 9. The Hall–Kier alpha value is -3.99. The van der Waals surface area contributed by atoms with Crippen LogP contribution in [-0.2, 0) is 4.74 Å². The molecule has 0 unspecified atom stereocenters. The minimum absolute atomic E-state index is 0.00466. The average Bonchev–Trinajstić information content (AvgIpc) is 3.39. The first kappa shape index (κ1) is 24.1. The van der Waals surface area contributed by atoms with E-state index in [0.717, 1.165) is 27.9 Å². The second kappa shape index (κ2) is 9.04. The van der Waals surface area contributed by atoms with Gasteiger partial charge >= 0.3 is 12.7 Å². The minimum atomic E-state index is -3.01. The maximum atomic E-state index is 13.3. The fraction of sp³-hybridized carbons (Fsp3) is 0.393. The number of benzene rings is 1. The molecule has 7 rings (SSSR count). The predicted octanol–water partition coefficient (Wildman–Crippen LogP) is 4.00. The van der Waals surface area contributed by atoms with E-state index in [1.807, 2.05) is 24.4 Å². The molecule has 1 saturated carbocycles. The molecule has 2 amide bonds. The summed E-state index contributed by atoms with van der Waals surface area (Å²) < 4.78 is 38.6. The molecular formula is C28H26F2N4O5. The molecule has 0 spiro atoms. The van der Waals surface area contributed by atoms with Gasteiger partial charge in [-0.1, -0.05) is 12.1 Å². The van der Waals surface area contributed by atoms with Crippen molar-refractivity contribution < 1.29 is 33.0 Å². The molecule has 4 aliphatic rings. The lowest BCUT2D eigenvalue weighted by atomic mass is 9.88. The predicted molar refractivity (Wildman–Crippen MR) is 135 cm³/mol. The van der Waals surface area contributed by atoms with E-state index in [9.17, 15) is 23.5 Å². The molecule has 0 radical (unpaired) electrons. The van der Waals surface area contributed by atoms with Gasteiger partial charge in [-0.25, -0.2) is 9.31 Å². The monoisotopic (exact) mass is 536 g/mol. The Bertz CT molecular complexity index is 1530. The number of amides is 2. The maximum absolute atomic E-state index is 13.3. The number of hydrogen-bond acceptors (Lipinski definition) is 6. The number of rotatable bonds is 4. The highest BCUT2D eigenvalue weighted by Crippen LogP contribution is 2.51. The molecular weight excluding hydrogens is 510 g/mol. The molecule has 2 atom stereocenters. The van der Waals surface area contributed by atoms with E-state index in [-0.39, 0.29) is 41.9 Å². The van der Waals surface area contributed by atoms with Crippen LogP contribution >= 0.6 is 0 Å². The molecule has 2 N–H and O–H groups in total. The molecule has 9 nitrogen and oxygen atoms in total. The van der Waals surface area contributed by atoms with Crippen molar-refractivity contribution in [2.24, 2.45) is 0 Å². The van der Waals surface area contributed by atoms with Crippen molar-refractivity contribution in [2.75, 3.05) is 13.1 Å². The molecule has 1 fully saturated rings. The summed E-state index contributed by atoms with van der Waals surface area (Å²) in [5, 5.41) is 17.2. The molecule has 2 bridgehead atoms. The highest BCUT2D eigenvalue weighted by atomic mass is 19.3. The van der Waals surface area contributed by atoms with Gasteiger partial charge in [0, 0.05) is 54.7 Å². The van der Waals surface area contributed by atoms with Crippen molar-refractivity contribution >= 4 is 23.1 Å². The second-order valence-corrected chi connectivity index (χ2v) is 10.5. The van der Waals surface area contributed by atoms with Crippen molar-refractivity contribution in [1.82, 2.24) is 19.8 Å². The minimum Gasteiger partial charge on any atom is -0.446 e. The van der Waals surface area contributed by atoms with Crippen molar-refractivity contribution in [3.8, 4) is 5.75 Å². The largest absolute Gasteiger partial charge is 0.446 e. The zero-order valence-corrected chi connectivity index (χ0v) is 20.8. The Balaban J connectivity index is 1.21. The molecule has 0 saturated heterocycles. The van der Waals surface area contributed by atoms with Crippen molar-refractivity contribution in [3.05, 3.63) is 70.6 Å². The van der Waals surface area contributed by atoms with Crippen LogP contribution in [0.4, 0.5) is 13.6 Å². The molecule has 11 heteroatoms. The molecule has 3 aromatic rings. The fourth-order valence-electron chi connectivity index (χ4n) is 6.24. The Kier molecular flexibility index (Phi) is 5.58. The smallest absolute Gasteiger partial charge is 0.410 e. The number of aliphatic hydroxyl groups is 1. The Morgan fingerprint density at radius 3 is 2.77 bits per heavy atom. The standard InChI is InChI=1S/C28H26F2N4O5/c29-27(30)39-22-3-1-2-18-23(22)19-13-20(31-26(18)36)25-24(19)21-10-15(6-9-34(21)32-25)14-4-7-33(8-5-14)28(37)38-17-11-16(35)12-17/h1-4,6,9-10,16-17,19-20,27,35H,5,7-8,11-13H2,(H,31,36)/t16?,17?,19-,20-/m1/s1. The maximum Gasteiger partial charge on any atom is 0.410 e. The molecule has 1 aromatic carbocycles. The quantitative estimate of drug-likeness (QED) is 0.522. The molecule has 39 heavy (non-hydrogen) atoms. The number of aromatic nitrogens is 2. The number of aliphatic hydroxyl groups excluding tert-OH is 1. The number of carbonyl (C=O) groups is 2. The van der Waals surface area contributed by atoms with Crippen molar-refractivity contribution in [3.63, 3.8) is 0 Å². The van der Waals surface area contributed by atoms with Crippen LogP contribution in [0.3, 0.4) is 0 Å². The van der Waals surface area contributed by atoms with Crippen LogP contribution in [0.15, 0.2) is 42.6 Å². The van der Waals surface area contributed by atoms with Gasteiger partial charge in [0.15, 0.2) is 0 Å². The normalized spacial score (nSPS) is 25.4. The number of nitrogens with one attached hydrogen (secondary N) is 1. The van der Waals surface area contributed by atoms with Crippen LogP contribution in [0.5, 0.6) is 5.75 Å². The lowest BCUT2D eigenvalue weighted by molar-refractivity contribution is -0.0506. The molecule has 2 aliphatic carbocycles. The van der Waals surface area contributed by atoms with Crippen molar-refractivity contribution in [1.29, 1.82) is 0 Å². The first-order valence-electron chi connectivity index (χ1n) is 13.1. The second-order valence-electron chi connectivity index (χ2n) is 10.5. The van der Waals surface area contributed by atoms with Gasteiger partial charge in [-0.15, -0.1) is 0 Å². The highest BCUT2D eigenvalue weighted by molar-refractivity contribution is 5.98. The lowest BCUT2D eigenvalue weighted by Gasteiger charge is -2.33. The summed E-state index contributed by atoms with van der Waals surface area (Å²) in [5.41, 5.74) is 5.34. The average molecular weight is 537 g/mol.